The summed E-state index contributed by atoms with van der Waals surface area (Å²) in [6, 6.07) is 7.37. The van der Waals surface area contributed by atoms with Crippen molar-refractivity contribution in [2.45, 2.75) is 0 Å². The molecule has 0 radical (unpaired) electrons. The second-order valence-electron chi connectivity index (χ2n) is 3.08. The average molecular weight is 197 g/mol. The fourth-order valence-corrected chi connectivity index (χ4v) is 1.39. The average Bonchev–Trinajstić information content (AvgIpc) is 2.74. The maximum Gasteiger partial charge on any atom is 0.228 e. The summed E-state index contributed by atoms with van der Waals surface area (Å²) in [5, 5.41) is 0. The van der Waals surface area contributed by atoms with Gasteiger partial charge in [0.25, 0.3) is 0 Å². The van der Waals surface area contributed by atoms with Crippen molar-refractivity contribution in [3.8, 4) is 11.5 Å². The summed E-state index contributed by atoms with van der Waals surface area (Å²) in [6.07, 6.45) is 5.11. The summed E-state index contributed by atoms with van der Waals surface area (Å²) >= 11 is 0. The first kappa shape index (κ1) is 8.11. The highest BCUT2D eigenvalue weighted by Gasteiger charge is 2.07. The highest BCUT2D eigenvalue weighted by atomic mass is 16.3. The Morgan fingerprint density at radius 3 is 2.67 bits per heavy atom. The molecule has 15 heavy (non-hydrogen) atoms. The molecule has 0 unspecified atom stereocenters. The number of hydrogen-bond donors (Lipinski definition) is 0. The summed E-state index contributed by atoms with van der Waals surface area (Å²) in [5.74, 6) is 0.575. The molecule has 0 aliphatic heterocycles. The number of aromatic nitrogens is 3. The van der Waals surface area contributed by atoms with Gasteiger partial charge in [0, 0.05) is 24.2 Å². The van der Waals surface area contributed by atoms with Crippen molar-refractivity contribution >= 4 is 11.2 Å². The van der Waals surface area contributed by atoms with Gasteiger partial charge in [-0.15, -0.1) is 0 Å². The highest BCUT2D eigenvalue weighted by molar-refractivity contribution is 5.71. The van der Waals surface area contributed by atoms with E-state index in [1.165, 1.54) is 0 Å². The van der Waals surface area contributed by atoms with Crippen LogP contribution in [0.4, 0.5) is 0 Å². The molecule has 0 bridgehead atoms. The van der Waals surface area contributed by atoms with E-state index in [-0.39, 0.29) is 0 Å². The second kappa shape index (κ2) is 3.16. The first-order valence-electron chi connectivity index (χ1n) is 4.55. The van der Waals surface area contributed by atoms with E-state index < -0.39 is 0 Å². The molecular formula is C11H7N3O. The van der Waals surface area contributed by atoms with Gasteiger partial charge >= 0.3 is 0 Å². The molecule has 0 aromatic carbocycles. The van der Waals surface area contributed by atoms with E-state index in [9.17, 15) is 0 Å². The molecule has 0 atom stereocenters. The summed E-state index contributed by atoms with van der Waals surface area (Å²) in [6.45, 7) is 0. The molecule has 0 fully saturated rings. The molecule has 3 heterocycles. The molecule has 0 amide bonds. The van der Waals surface area contributed by atoms with Gasteiger partial charge in [-0.25, -0.2) is 4.98 Å². The molecule has 3 aromatic rings. The zero-order valence-electron chi connectivity index (χ0n) is 7.79. The highest BCUT2D eigenvalue weighted by Crippen LogP contribution is 2.21. The van der Waals surface area contributed by atoms with Crippen LogP contribution in [0.1, 0.15) is 0 Å². The first-order chi connectivity index (χ1) is 7.43. The summed E-state index contributed by atoms with van der Waals surface area (Å²) in [7, 11) is 0. The van der Waals surface area contributed by atoms with Crippen molar-refractivity contribution in [2.75, 3.05) is 0 Å². The minimum absolute atomic E-state index is 0.575. The van der Waals surface area contributed by atoms with Crippen molar-refractivity contribution in [3.63, 3.8) is 0 Å². The van der Waals surface area contributed by atoms with Gasteiger partial charge in [-0.3, -0.25) is 4.98 Å². The van der Waals surface area contributed by atoms with Gasteiger partial charge in [0.1, 0.15) is 0 Å². The second-order valence-corrected chi connectivity index (χ2v) is 3.08. The standard InChI is InChI=1S/C11H7N3O/c1-2-9-10(13-5-1)14-11(15-9)8-3-6-12-7-4-8/h1-7H. The molecule has 0 aliphatic rings. The molecule has 4 nitrogen and oxygen atoms in total. The Balaban J connectivity index is 2.21. The first-order valence-corrected chi connectivity index (χ1v) is 4.55. The van der Waals surface area contributed by atoms with E-state index in [1.807, 2.05) is 24.3 Å². The summed E-state index contributed by atoms with van der Waals surface area (Å²) in [4.78, 5) is 12.3. The van der Waals surface area contributed by atoms with Crippen molar-refractivity contribution in [2.24, 2.45) is 0 Å². The normalized spacial score (nSPS) is 10.7. The van der Waals surface area contributed by atoms with Gasteiger partial charge in [0.15, 0.2) is 11.2 Å². The Morgan fingerprint density at radius 2 is 1.87 bits per heavy atom. The van der Waals surface area contributed by atoms with Crippen LogP contribution in [0.25, 0.3) is 22.7 Å². The predicted octanol–water partition coefficient (Wildman–Crippen LogP) is 2.28. The van der Waals surface area contributed by atoms with Gasteiger partial charge < -0.3 is 4.42 Å². The number of hydrogen-bond acceptors (Lipinski definition) is 4. The minimum atomic E-state index is 0.575. The van der Waals surface area contributed by atoms with Crippen molar-refractivity contribution in [1.29, 1.82) is 0 Å². The molecule has 0 N–H and O–H groups in total. The van der Waals surface area contributed by atoms with Gasteiger partial charge in [0.2, 0.25) is 5.89 Å². The van der Waals surface area contributed by atoms with Crippen molar-refractivity contribution in [3.05, 3.63) is 42.9 Å². The van der Waals surface area contributed by atoms with E-state index in [1.54, 1.807) is 18.6 Å². The Morgan fingerprint density at radius 1 is 1.00 bits per heavy atom. The molecule has 0 saturated heterocycles. The van der Waals surface area contributed by atoms with Crippen LogP contribution in [-0.2, 0) is 0 Å². The van der Waals surface area contributed by atoms with Crippen molar-refractivity contribution < 1.29 is 4.42 Å². The van der Waals surface area contributed by atoms with Crippen LogP contribution in [0.3, 0.4) is 0 Å². The third kappa shape index (κ3) is 1.36. The maximum absolute atomic E-state index is 5.55. The lowest BCUT2D eigenvalue weighted by Crippen LogP contribution is -1.77. The third-order valence-electron chi connectivity index (χ3n) is 2.09. The van der Waals surface area contributed by atoms with Gasteiger partial charge in [0.05, 0.1) is 0 Å². The zero-order chi connectivity index (χ0) is 10.1. The molecule has 0 saturated carbocycles. The van der Waals surface area contributed by atoms with Gasteiger partial charge in [-0.2, -0.15) is 4.98 Å². The van der Waals surface area contributed by atoms with Crippen LogP contribution in [0.5, 0.6) is 0 Å². The zero-order valence-corrected chi connectivity index (χ0v) is 7.79. The fraction of sp³-hybridized carbons (Fsp3) is 0. The molecule has 4 heteroatoms. The lowest BCUT2D eigenvalue weighted by Gasteiger charge is -1.90. The number of rotatable bonds is 1. The largest absolute Gasteiger partial charge is 0.434 e. The molecular weight excluding hydrogens is 190 g/mol. The third-order valence-corrected chi connectivity index (χ3v) is 2.09. The Hall–Kier alpha value is -2.23. The number of fused-ring (bicyclic) bond motifs is 1. The van der Waals surface area contributed by atoms with Gasteiger partial charge in [-0.05, 0) is 24.3 Å². The molecule has 72 valence electrons. The fourth-order valence-electron chi connectivity index (χ4n) is 1.39. The Labute approximate surface area is 85.6 Å². The van der Waals surface area contributed by atoms with Crippen LogP contribution in [0.2, 0.25) is 0 Å². The Kier molecular flexibility index (Phi) is 1.71. The lowest BCUT2D eigenvalue weighted by molar-refractivity contribution is 0.619. The van der Waals surface area contributed by atoms with Crippen LogP contribution in [0, 0.1) is 0 Å². The topological polar surface area (TPSA) is 51.8 Å². The van der Waals surface area contributed by atoms with Crippen LogP contribution >= 0.6 is 0 Å². The maximum atomic E-state index is 5.55. The SMILES string of the molecule is c1cnc2nc(-c3ccncc3)oc2c1. The lowest BCUT2D eigenvalue weighted by atomic mass is 10.3. The summed E-state index contributed by atoms with van der Waals surface area (Å²) in [5.41, 5.74) is 2.23. The Bertz CT molecular complexity index is 556. The van der Waals surface area contributed by atoms with Crippen molar-refractivity contribution in [1.82, 2.24) is 15.0 Å². The van der Waals surface area contributed by atoms with E-state index >= 15 is 0 Å². The van der Waals surface area contributed by atoms with E-state index in [4.69, 9.17) is 4.42 Å². The smallest absolute Gasteiger partial charge is 0.228 e. The molecule has 0 aliphatic carbocycles. The predicted molar refractivity (Wildman–Crippen MR) is 55.0 cm³/mol. The van der Waals surface area contributed by atoms with E-state index in [0.717, 1.165) is 5.56 Å². The van der Waals surface area contributed by atoms with Crippen LogP contribution < -0.4 is 0 Å². The number of oxazole rings is 1. The van der Waals surface area contributed by atoms with E-state index in [0.29, 0.717) is 17.1 Å². The van der Waals surface area contributed by atoms with Gasteiger partial charge in [-0.1, -0.05) is 0 Å². The quantitative estimate of drug-likeness (QED) is 0.600. The molecule has 0 spiro atoms. The minimum Gasteiger partial charge on any atom is -0.434 e. The summed E-state index contributed by atoms with van der Waals surface area (Å²) < 4.78 is 5.55. The molecule has 3 rings (SSSR count). The van der Waals surface area contributed by atoms with E-state index in [2.05, 4.69) is 15.0 Å². The monoisotopic (exact) mass is 197 g/mol. The number of nitrogens with zero attached hydrogens (tertiary/aromatic N) is 3. The molecule has 3 aromatic heterocycles. The van der Waals surface area contributed by atoms with Crippen LogP contribution in [-0.4, -0.2) is 15.0 Å². The number of pyridine rings is 2. The van der Waals surface area contributed by atoms with Crippen LogP contribution in [0.15, 0.2) is 47.3 Å².